The third-order valence-corrected chi connectivity index (χ3v) is 5.38. The maximum absolute atomic E-state index is 5.41. The molecule has 1 aromatic carbocycles. The summed E-state index contributed by atoms with van der Waals surface area (Å²) in [5.41, 5.74) is 1.25. The van der Waals surface area contributed by atoms with E-state index in [1.165, 1.54) is 12.0 Å². The van der Waals surface area contributed by atoms with E-state index in [0.717, 1.165) is 49.8 Å². The first-order valence-corrected chi connectivity index (χ1v) is 9.66. The Morgan fingerprint density at radius 1 is 1.07 bits per heavy atom. The summed E-state index contributed by atoms with van der Waals surface area (Å²) in [5.74, 6) is 3.09. The van der Waals surface area contributed by atoms with Gasteiger partial charge in [-0.3, -0.25) is 0 Å². The molecule has 2 heterocycles. The zero-order valence-electron chi connectivity index (χ0n) is 17.2. The standard InChI is InChI=1S/C21H30N4O3/c1-24(11-9-16-7-8-18(26-2)19(12-16)27-3)17-6-5-10-25(14-17)20-13-21(28-4)23-15-22-20/h7-8,12-13,15,17H,5-6,9-11,14H2,1-4H3/t17-/m0/s1. The van der Waals surface area contributed by atoms with Gasteiger partial charge >= 0.3 is 0 Å². The number of methoxy groups -OCH3 is 3. The van der Waals surface area contributed by atoms with E-state index in [2.05, 4.69) is 38.9 Å². The fourth-order valence-corrected chi connectivity index (χ4v) is 3.66. The van der Waals surface area contributed by atoms with E-state index in [0.29, 0.717) is 11.9 Å². The number of hydrogen-bond acceptors (Lipinski definition) is 7. The predicted octanol–water partition coefficient (Wildman–Crippen LogP) is 2.65. The third-order valence-electron chi connectivity index (χ3n) is 5.38. The minimum Gasteiger partial charge on any atom is -0.493 e. The number of nitrogens with zero attached hydrogens (tertiary/aromatic N) is 4. The highest BCUT2D eigenvalue weighted by Gasteiger charge is 2.24. The predicted molar refractivity (Wildman–Crippen MR) is 110 cm³/mol. The zero-order chi connectivity index (χ0) is 19.9. The first-order chi connectivity index (χ1) is 13.6. The molecule has 3 rings (SSSR count). The number of ether oxygens (including phenoxy) is 3. The van der Waals surface area contributed by atoms with E-state index in [1.54, 1.807) is 27.7 Å². The van der Waals surface area contributed by atoms with Gasteiger partial charge in [0.25, 0.3) is 0 Å². The molecule has 0 N–H and O–H groups in total. The summed E-state index contributed by atoms with van der Waals surface area (Å²) >= 11 is 0. The lowest BCUT2D eigenvalue weighted by Crippen LogP contribution is -2.47. The number of aromatic nitrogens is 2. The fourth-order valence-electron chi connectivity index (χ4n) is 3.66. The first-order valence-electron chi connectivity index (χ1n) is 9.66. The van der Waals surface area contributed by atoms with Gasteiger partial charge in [0.1, 0.15) is 12.1 Å². The maximum atomic E-state index is 5.41. The number of rotatable bonds is 8. The lowest BCUT2D eigenvalue weighted by atomic mass is 10.0. The van der Waals surface area contributed by atoms with Crippen molar-refractivity contribution in [1.82, 2.24) is 14.9 Å². The van der Waals surface area contributed by atoms with Crippen LogP contribution in [0.2, 0.25) is 0 Å². The van der Waals surface area contributed by atoms with Gasteiger partial charge in [-0.1, -0.05) is 6.07 Å². The van der Waals surface area contributed by atoms with Crippen molar-refractivity contribution in [3.63, 3.8) is 0 Å². The van der Waals surface area contributed by atoms with Crippen LogP contribution in [0.1, 0.15) is 18.4 Å². The number of benzene rings is 1. The number of hydrogen-bond donors (Lipinski definition) is 0. The van der Waals surface area contributed by atoms with E-state index < -0.39 is 0 Å². The minimum absolute atomic E-state index is 0.495. The summed E-state index contributed by atoms with van der Waals surface area (Å²) in [7, 11) is 7.17. The summed E-state index contributed by atoms with van der Waals surface area (Å²) in [5, 5.41) is 0. The quantitative estimate of drug-likeness (QED) is 0.691. The van der Waals surface area contributed by atoms with Gasteiger partial charge in [-0.2, -0.15) is 0 Å². The lowest BCUT2D eigenvalue weighted by Gasteiger charge is -2.38. The molecule has 0 saturated carbocycles. The Kier molecular flexibility index (Phi) is 6.92. The molecule has 152 valence electrons. The SMILES string of the molecule is COc1cc(N2CCC[C@H](N(C)CCc3ccc(OC)c(OC)c3)C2)ncn1. The van der Waals surface area contributed by atoms with Gasteiger partial charge in [-0.25, -0.2) is 9.97 Å². The second-order valence-corrected chi connectivity index (χ2v) is 7.08. The second-order valence-electron chi connectivity index (χ2n) is 7.08. The van der Waals surface area contributed by atoms with E-state index in [9.17, 15) is 0 Å². The molecule has 1 aliphatic rings. The Morgan fingerprint density at radius 2 is 1.89 bits per heavy atom. The lowest BCUT2D eigenvalue weighted by molar-refractivity contribution is 0.217. The highest BCUT2D eigenvalue weighted by Crippen LogP contribution is 2.28. The molecule has 0 bridgehead atoms. The Balaban J connectivity index is 1.59. The van der Waals surface area contributed by atoms with Crippen LogP contribution in [-0.4, -0.2) is 68.9 Å². The van der Waals surface area contributed by atoms with Crippen molar-refractivity contribution >= 4 is 5.82 Å². The van der Waals surface area contributed by atoms with Crippen LogP contribution >= 0.6 is 0 Å². The fraction of sp³-hybridized carbons (Fsp3) is 0.524. The normalized spacial score (nSPS) is 16.9. The molecule has 0 radical (unpaired) electrons. The van der Waals surface area contributed by atoms with Gasteiger partial charge < -0.3 is 24.0 Å². The molecule has 0 aliphatic carbocycles. The molecule has 0 spiro atoms. The largest absolute Gasteiger partial charge is 0.493 e. The third kappa shape index (κ3) is 4.84. The van der Waals surface area contributed by atoms with Crippen molar-refractivity contribution < 1.29 is 14.2 Å². The summed E-state index contributed by atoms with van der Waals surface area (Å²) in [6.07, 6.45) is 4.88. The van der Waals surface area contributed by atoms with E-state index in [-0.39, 0.29) is 0 Å². The van der Waals surface area contributed by atoms with Crippen LogP contribution in [0.5, 0.6) is 17.4 Å². The van der Waals surface area contributed by atoms with Gasteiger partial charge in [-0.15, -0.1) is 0 Å². The summed E-state index contributed by atoms with van der Waals surface area (Å²) in [4.78, 5) is 13.3. The molecule has 2 aromatic rings. The summed E-state index contributed by atoms with van der Waals surface area (Å²) in [6, 6.07) is 8.54. The Hall–Kier alpha value is -2.54. The Labute approximate surface area is 167 Å². The van der Waals surface area contributed by atoms with Crippen molar-refractivity contribution in [2.75, 3.05) is 52.9 Å². The maximum Gasteiger partial charge on any atom is 0.218 e. The Bertz CT molecular complexity index is 771. The highest BCUT2D eigenvalue weighted by molar-refractivity contribution is 5.43. The average molecular weight is 386 g/mol. The average Bonchev–Trinajstić information content (AvgIpc) is 2.77. The van der Waals surface area contributed by atoms with Gasteiger partial charge in [0, 0.05) is 31.7 Å². The van der Waals surface area contributed by atoms with E-state index in [1.807, 2.05) is 12.1 Å². The van der Waals surface area contributed by atoms with Crippen molar-refractivity contribution in [3.8, 4) is 17.4 Å². The van der Waals surface area contributed by atoms with Gasteiger partial charge in [0.15, 0.2) is 11.5 Å². The van der Waals surface area contributed by atoms with Crippen molar-refractivity contribution in [3.05, 3.63) is 36.2 Å². The molecule has 0 unspecified atom stereocenters. The molecule has 1 fully saturated rings. The van der Waals surface area contributed by atoms with Crippen molar-refractivity contribution in [2.45, 2.75) is 25.3 Å². The number of piperidine rings is 1. The molecular weight excluding hydrogens is 356 g/mol. The van der Waals surface area contributed by atoms with Crippen LogP contribution in [-0.2, 0) is 6.42 Å². The molecule has 0 amide bonds. The molecule has 1 atom stereocenters. The minimum atomic E-state index is 0.495. The van der Waals surface area contributed by atoms with Crippen LogP contribution in [0.4, 0.5) is 5.82 Å². The molecule has 28 heavy (non-hydrogen) atoms. The second kappa shape index (κ2) is 9.59. The van der Waals surface area contributed by atoms with Crippen LogP contribution in [0.15, 0.2) is 30.6 Å². The highest BCUT2D eigenvalue weighted by atomic mass is 16.5. The monoisotopic (exact) mass is 386 g/mol. The van der Waals surface area contributed by atoms with Crippen LogP contribution in [0, 0.1) is 0 Å². The van der Waals surface area contributed by atoms with Gasteiger partial charge in [0.05, 0.1) is 21.3 Å². The van der Waals surface area contributed by atoms with Crippen molar-refractivity contribution in [1.29, 1.82) is 0 Å². The molecule has 1 saturated heterocycles. The number of anilines is 1. The molecule has 7 heteroatoms. The molecule has 7 nitrogen and oxygen atoms in total. The van der Waals surface area contributed by atoms with E-state index in [4.69, 9.17) is 14.2 Å². The number of likely N-dealkylation sites (N-methyl/N-ethyl adjacent to an activating group) is 1. The van der Waals surface area contributed by atoms with Gasteiger partial charge in [0.2, 0.25) is 5.88 Å². The van der Waals surface area contributed by atoms with Gasteiger partial charge in [-0.05, 0) is 44.0 Å². The van der Waals surface area contributed by atoms with Crippen LogP contribution in [0.3, 0.4) is 0 Å². The smallest absolute Gasteiger partial charge is 0.218 e. The first kappa shape index (κ1) is 20.2. The van der Waals surface area contributed by atoms with Crippen LogP contribution < -0.4 is 19.1 Å². The summed E-state index contributed by atoms with van der Waals surface area (Å²) < 4.78 is 16.0. The molecule has 1 aliphatic heterocycles. The zero-order valence-corrected chi connectivity index (χ0v) is 17.2. The molecule has 1 aromatic heterocycles. The topological polar surface area (TPSA) is 60.0 Å². The van der Waals surface area contributed by atoms with Crippen molar-refractivity contribution in [2.24, 2.45) is 0 Å². The van der Waals surface area contributed by atoms with Crippen LogP contribution in [0.25, 0.3) is 0 Å². The molecular formula is C21H30N4O3. The van der Waals surface area contributed by atoms with E-state index >= 15 is 0 Å². The summed E-state index contributed by atoms with van der Waals surface area (Å²) in [6.45, 7) is 2.96. The Morgan fingerprint density at radius 3 is 2.64 bits per heavy atom.